The van der Waals surface area contributed by atoms with Crippen molar-refractivity contribution >= 4 is 35.6 Å². The first kappa shape index (κ1) is 26.5. The normalized spacial score (nSPS) is 24.4. The van der Waals surface area contributed by atoms with Crippen LogP contribution in [0.5, 0.6) is 0 Å². The highest BCUT2D eigenvalue weighted by molar-refractivity contribution is 6.23. The lowest BCUT2D eigenvalue weighted by Gasteiger charge is -2.21. The van der Waals surface area contributed by atoms with Gasteiger partial charge >= 0.3 is 12.2 Å². The number of hydrogen-bond donors (Lipinski definition) is 1. The Morgan fingerprint density at radius 2 is 2.12 bits per heavy atom. The Morgan fingerprint density at radius 1 is 1.29 bits per heavy atom. The summed E-state index contributed by atoms with van der Waals surface area (Å²) in [4.78, 5) is 36.7. The maximum atomic E-state index is 15.2. The Hall–Kier alpha value is -4.68. The van der Waals surface area contributed by atoms with E-state index in [2.05, 4.69) is 20.3 Å². The van der Waals surface area contributed by atoms with Gasteiger partial charge in [0.15, 0.2) is 0 Å². The van der Waals surface area contributed by atoms with Crippen LogP contribution in [0.1, 0.15) is 20.8 Å². The van der Waals surface area contributed by atoms with Gasteiger partial charge in [-0.1, -0.05) is 5.21 Å². The van der Waals surface area contributed by atoms with Gasteiger partial charge in [0.2, 0.25) is 0 Å². The van der Waals surface area contributed by atoms with Gasteiger partial charge in [0.25, 0.3) is 0 Å². The first-order valence-electron chi connectivity index (χ1n) is 13.2. The van der Waals surface area contributed by atoms with Crippen LogP contribution in [-0.2, 0) is 16.0 Å². The molecule has 4 heterocycles. The number of anilines is 2. The van der Waals surface area contributed by atoms with E-state index in [4.69, 9.17) is 14.9 Å². The number of amides is 2. The number of pyridine rings is 1. The molecule has 2 amide bonds. The molecule has 6 rings (SSSR count). The average molecular weight is 561 g/mol. The van der Waals surface area contributed by atoms with Crippen molar-refractivity contribution < 1.29 is 23.5 Å². The van der Waals surface area contributed by atoms with E-state index >= 15 is 4.39 Å². The number of cyclic esters (lactones) is 1. The highest BCUT2D eigenvalue weighted by atomic mass is 19.1. The van der Waals surface area contributed by atoms with Crippen LogP contribution in [0.3, 0.4) is 0 Å². The summed E-state index contributed by atoms with van der Waals surface area (Å²) in [6, 6.07) is 8.21. The lowest BCUT2D eigenvalue weighted by atomic mass is 10.1. The fourth-order valence-corrected chi connectivity index (χ4v) is 5.45. The molecule has 212 valence electrons. The van der Waals surface area contributed by atoms with Crippen LogP contribution in [0.2, 0.25) is 0 Å². The van der Waals surface area contributed by atoms with E-state index in [1.807, 2.05) is 11.0 Å². The molecule has 0 bridgehead atoms. The first-order valence-corrected chi connectivity index (χ1v) is 13.2. The third kappa shape index (κ3) is 5.03. The summed E-state index contributed by atoms with van der Waals surface area (Å²) in [5.41, 5.74) is 0.783. The van der Waals surface area contributed by atoms with E-state index in [1.54, 1.807) is 62.2 Å². The van der Waals surface area contributed by atoms with Crippen molar-refractivity contribution in [3.05, 3.63) is 54.7 Å². The fourth-order valence-electron chi connectivity index (χ4n) is 5.45. The van der Waals surface area contributed by atoms with Crippen LogP contribution in [0.25, 0.3) is 11.1 Å². The summed E-state index contributed by atoms with van der Waals surface area (Å²) in [6.45, 7) is 7.01. The van der Waals surface area contributed by atoms with Crippen molar-refractivity contribution in [3.8, 4) is 11.1 Å². The Bertz CT molecular complexity index is 1540. The molecule has 1 aliphatic carbocycles. The summed E-state index contributed by atoms with van der Waals surface area (Å²) < 4.78 is 27.5. The van der Waals surface area contributed by atoms with Crippen LogP contribution in [-0.4, -0.2) is 75.4 Å². The molecule has 3 aliphatic rings. The Balaban J connectivity index is 1.11. The minimum absolute atomic E-state index is 0.0490. The maximum absolute atomic E-state index is 15.2. The number of piperidine rings is 1. The van der Waals surface area contributed by atoms with Crippen molar-refractivity contribution in [1.29, 1.82) is 5.41 Å². The van der Waals surface area contributed by atoms with Crippen molar-refractivity contribution in [2.75, 3.05) is 29.4 Å². The van der Waals surface area contributed by atoms with Crippen LogP contribution in [0.4, 0.5) is 25.5 Å². The number of halogens is 1. The third-order valence-corrected chi connectivity index (χ3v) is 7.45. The lowest BCUT2D eigenvalue weighted by Crippen LogP contribution is -2.29. The van der Waals surface area contributed by atoms with Gasteiger partial charge in [-0.05, 0) is 51.1 Å². The monoisotopic (exact) mass is 560 g/mol. The molecule has 1 aromatic carbocycles. The van der Waals surface area contributed by atoms with Crippen molar-refractivity contribution in [3.63, 3.8) is 0 Å². The molecular formula is C28H29FN8O4. The quantitative estimate of drug-likeness (QED) is 0.447. The molecule has 12 nitrogen and oxygen atoms in total. The number of nitrogens with one attached hydrogen (secondary N) is 1. The van der Waals surface area contributed by atoms with Crippen molar-refractivity contribution in [1.82, 2.24) is 20.0 Å². The number of carbonyl (C=O) groups is 2. The summed E-state index contributed by atoms with van der Waals surface area (Å²) in [7, 11) is 0. The molecule has 3 atom stereocenters. The topological polar surface area (TPSA) is 139 Å². The number of nitrogens with zero attached hydrogens (tertiary/aromatic N) is 7. The highest BCUT2D eigenvalue weighted by Crippen LogP contribution is 2.54. The number of aliphatic imine (C=N–C) groups is 1. The van der Waals surface area contributed by atoms with E-state index in [0.29, 0.717) is 48.0 Å². The minimum atomic E-state index is -0.640. The predicted octanol–water partition coefficient (Wildman–Crippen LogP) is 3.97. The second kappa shape index (κ2) is 9.75. The van der Waals surface area contributed by atoms with E-state index in [1.165, 1.54) is 17.2 Å². The number of aromatic nitrogens is 4. The zero-order chi connectivity index (χ0) is 28.9. The molecule has 13 heteroatoms. The van der Waals surface area contributed by atoms with Gasteiger partial charge in [-0.3, -0.25) is 4.90 Å². The largest absolute Gasteiger partial charge is 0.442 e. The fraction of sp³-hybridized carbons (Fsp3) is 0.393. The predicted molar refractivity (Wildman–Crippen MR) is 148 cm³/mol. The molecule has 3 aromatic rings. The van der Waals surface area contributed by atoms with E-state index in [9.17, 15) is 9.59 Å². The minimum Gasteiger partial charge on any atom is -0.442 e. The Morgan fingerprint density at radius 3 is 2.76 bits per heavy atom. The summed E-state index contributed by atoms with van der Waals surface area (Å²) in [6.07, 6.45) is 4.57. The standard InChI is InChI=1S/C28H29FN8O4/c1-27(2,3)41-25(38)33-24-21-14-35(16-28(21,24)15-30)23-7-4-17(11-31-23)20-6-5-18(10-22(20)29)37-13-19(40-26(37)39)12-36-9-8-32-34-36/h4-11,15,19,21,30H,12-14,16H2,1-3H3. The van der Waals surface area contributed by atoms with E-state index in [0.717, 1.165) is 0 Å². The molecule has 0 spiro atoms. The van der Waals surface area contributed by atoms with Gasteiger partial charge < -0.3 is 19.8 Å². The number of rotatable bonds is 6. The zero-order valence-electron chi connectivity index (χ0n) is 22.8. The van der Waals surface area contributed by atoms with Crippen molar-refractivity contribution in [2.24, 2.45) is 16.3 Å². The highest BCUT2D eigenvalue weighted by Gasteiger charge is 2.66. The number of hydrogen-bond acceptors (Lipinski definition) is 9. The van der Waals surface area contributed by atoms with Gasteiger partial charge in [0.05, 0.1) is 30.4 Å². The van der Waals surface area contributed by atoms with E-state index < -0.39 is 35.1 Å². The zero-order valence-corrected chi connectivity index (χ0v) is 22.8. The maximum Gasteiger partial charge on any atom is 0.434 e. The van der Waals surface area contributed by atoms with Gasteiger partial charge in [-0.2, -0.15) is 4.99 Å². The SMILES string of the molecule is CC(C)(C)OC(=O)N=C1C2CN(c3ccc(-c4ccc(N5CC(Cn6ccnn6)OC5=O)cc4F)cn3)CC12C=N. The molecule has 1 N–H and O–H groups in total. The van der Waals surface area contributed by atoms with Gasteiger partial charge in [-0.15, -0.1) is 5.10 Å². The smallest absolute Gasteiger partial charge is 0.434 e. The van der Waals surface area contributed by atoms with Gasteiger partial charge in [-0.25, -0.2) is 23.6 Å². The van der Waals surface area contributed by atoms with Crippen LogP contribution in [0.15, 0.2) is 53.9 Å². The number of fused-ring (bicyclic) bond motifs is 1. The molecule has 2 aliphatic heterocycles. The van der Waals surface area contributed by atoms with E-state index in [-0.39, 0.29) is 12.5 Å². The molecule has 0 radical (unpaired) electrons. The second-order valence-electron chi connectivity index (χ2n) is 11.4. The number of benzene rings is 1. The molecule has 2 aromatic heterocycles. The number of carbonyl (C=O) groups excluding carboxylic acids is 2. The number of ether oxygens (including phenoxy) is 2. The summed E-state index contributed by atoms with van der Waals surface area (Å²) >= 11 is 0. The molecular weight excluding hydrogens is 531 g/mol. The van der Waals surface area contributed by atoms with Gasteiger partial charge in [0.1, 0.15) is 23.3 Å². The van der Waals surface area contributed by atoms with Crippen LogP contribution in [0, 0.1) is 22.6 Å². The summed E-state index contributed by atoms with van der Waals surface area (Å²) in [5, 5.41) is 15.6. The average Bonchev–Trinajstić information content (AvgIpc) is 3.42. The van der Waals surface area contributed by atoms with Gasteiger partial charge in [0, 0.05) is 54.5 Å². The molecule has 1 saturated carbocycles. The molecule has 41 heavy (non-hydrogen) atoms. The third-order valence-electron chi connectivity index (χ3n) is 7.45. The Labute approximate surface area is 235 Å². The molecule has 2 saturated heterocycles. The first-order chi connectivity index (χ1) is 19.6. The van der Waals surface area contributed by atoms with Crippen LogP contribution >= 0.6 is 0 Å². The lowest BCUT2D eigenvalue weighted by molar-refractivity contribution is 0.0604. The van der Waals surface area contributed by atoms with Crippen LogP contribution < -0.4 is 9.80 Å². The molecule has 3 unspecified atom stereocenters. The Kier molecular flexibility index (Phi) is 6.31. The van der Waals surface area contributed by atoms with Crippen molar-refractivity contribution in [2.45, 2.75) is 39.0 Å². The summed E-state index contributed by atoms with van der Waals surface area (Å²) in [5.74, 6) is 0.152. The molecule has 3 fully saturated rings. The second-order valence-corrected chi connectivity index (χ2v) is 11.4.